The molecule has 2 aromatic rings. The Kier molecular flexibility index (Phi) is 4.56. The Morgan fingerprint density at radius 2 is 1.85 bits per heavy atom. The number of aliphatic hydroxyl groups excluding tert-OH is 1. The van der Waals surface area contributed by atoms with Crippen molar-refractivity contribution in [3.8, 4) is 5.75 Å². The van der Waals surface area contributed by atoms with Crippen LogP contribution in [0.25, 0.3) is 0 Å². The minimum Gasteiger partial charge on any atom is -0.507 e. The molecule has 1 N–H and O–H groups in total. The summed E-state index contributed by atoms with van der Waals surface area (Å²) in [5.74, 6) is -1.33. The summed E-state index contributed by atoms with van der Waals surface area (Å²) in [6.07, 6.45) is 3.49. The normalized spacial score (nSPS) is 14.0. The van der Waals surface area contributed by atoms with Crippen molar-refractivity contribution in [1.29, 1.82) is 0 Å². The number of hydrogen-bond donors (Lipinski definition) is 1. The Bertz CT molecular complexity index is 942. The van der Waals surface area contributed by atoms with Crippen LogP contribution in [0.15, 0.2) is 53.9 Å². The largest absolute Gasteiger partial charge is 0.507 e. The minimum absolute atomic E-state index is 0.0371. The molecular weight excluding hydrogens is 344 g/mol. The van der Waals surface area contributed by atoms with Gasteiger partial charge in [-0.05, 0) is 18.2 Å². The zero-order valence-corrected chi connectivity index (χ0v) is 13.2. The van der Waals surface area contributed by atoms with Crippen molar-refractivity contribution in [1.82, 2.24) is 15.0 Å². The molecule has 26 heavy (non-hydrogen) atoms. The Morgan fingerprint density at radius 1 is 1.15 bits per heavy atom. The topological polar surface area (TPSA) is 137 Å². The van der Waals surface area contributed by atoms with Crippen LogP contribution in [0.4, 0.5) is 5.69 Å². The number of non-ortho nitro benzene ring substituents is 1. The number of rotatable bonds is 6. The van der Waals surface area contributed by atoms with Crippen molar-refractivity contribution in [3.05, 3.63) is 69.8 Å². The van der Waals surface area contributed by atoms with Gasteiger partial charge in [-0.3, -0.25) is 19.7 Å². The molecule has 0 amide bonds. The summed E-state index contributed by atoms with van der Waals surface area (Å²) in [7, 11) is 0. The zero-order valence-electron chi connectivity index (χ0n) is 13.2. The highest BCUT2D eigenvalue weighted by Crippen LogP contribution is 2.18. The van der Waals surface area contributed by atoms with E-state index in [1.807, 2.05) is 0 Å². The van der Waals surface area contributed by atoms with E-state index in [4.69, 9.17) is 4.74 Å². The number of ether oxygens (including phenoxy) is 1. The van der Waals surface area contributed by atoms with Gasteiger partial charge in [-0.25, -0.2) is 4.68 Å². The van der Waals surface area contributed by atoms with E-state index in [1.54, 1.807) is 6.20 Å². The molecule has 3 rings (SSSR count). The van der Waals surface area contributed by atoms with E-state index < -0.39 is 16.5 Å². The number of aliphatic hydroxyl groups is 1. The molecular formula is C16H12N4O6. The quantitative estimate of drug-likeness (QED) is 0.354. The number of carbonyl (C=O) groups is 2. The van der Waals surface area contributed by atoms with Gasteiger partial charge in [-0.15, -0.1) is 5.10 Å². The number of aromatic nitrogens is 3. The molecule has 0 saturated heterocycles. The Labute approximate surface area is 146 Å². The molecule has 0 spiro atoms. The van der Waals surface area contributed by atoms with Gasteiger partial charge >= 0.3 is 0 Å². The maximum absolute atomic E-state index is 11.4. The van der Waals surface area contributed by atoms with Gasteiger partial charge in [0.2, 0.25) is 11.6 Å². The lowest BCUT2D eigenvalue weighted by Gasteiger charge is -2.09. The summed E-state index contributed by atoms with van der Waals surface area (Å²) < 4.78 is 6.85. The lowest BCUT2D eigenvalue weighted by atomic mass is 10.0. The van der Waals surface area contributed by atoms with Crippen LogP contribution in [-0.2, 0) is 22.7 Å². The highest BCUT2D eigenvalue weighted by Gasteiger charge is 2.20. The number of hydrogen-bond acceptors (Lipinski definition) is 8. The molecule has 1 heterocycles. The molecule has 0 fully saturated rings. The van der Waals surface area contributed by atoms with Crippen molar-refractivity contribution in [2.24, 2.45) is 0 Å². The molecule has 10 nitrogen and oxygen atoms in total. The molecule has 0 bridgehead atoms. The molecule has 0 saturated carbocycles. The summed E-state index contributed by atoms with van der Waals surface area (Å²) in [5.41, 5.74) is 0.693. The molecule has 0 radical (unpaired) electrons. The van der Waals surface area contributed by atoms with Crippen molar-refractivity contribution in [2.45, 2.75) is 13.2 Å². The molecule has 0 atom stereocenters. The fourth-order valence-electron chi connectivity index (χ4n) is 2.20. The van der Waals surface area contributed by atoms with E-state index >= 15 is 0 Å². The smallest absolute Gasteiger partial charge is 0.269 e. The molecule has 1 aliphatic carbocycles. The Hall–Kier alpha value is -3.82. The van der Waals surface area contributed by atoms with Gasteiger partial charge in [-0.2, -0.15) is 0 Å². The van der Waals surface area contributed by atoms with E-state index in [1.165, 1.54) is 28.9 Å². The van der Waals surface area contributed by atoms with E-state index in [9.17, 15) is 24.8 Å². The van der Waals surface area contributed by atoms with Crippen LogP contribution < -0.4 is 4.74 Å². The van der Waals surface area contributed by atoms with Gasteiger partial charge in [0.25, 0.3) is 5.69 Å². The number of nitro groups is 1. The number of carbonyl (C=O) groups excluding carboxylic acids is 2. The predicted molar refractivity (Wildman–Crippen MR) is 86.3 cm³/mol. The third kappa shape index (κ3) is 3.80. The van der Waals surface area contributed by atoms with E-state index in [2.05, 4.69) is 10.3 Å². The lowest BCUT2D eigenvalue weighted by molar-refractivity contribution is -0.384. The summed E-state index contributed by atoms with van der Waals surface area (Å²) in [6.45, 7) is 0.141. The molecule has 1 aliphatic rings. The van der Waals surface area contributed by atoms with Gasteiger partial charge in [0.15, 0.2) is 0 Å². The Morgan fingerprint density at radius 3 is 2.54 bits per heavy atom. The lowest BCUT2D eigenvalue weighted by Crippen LogP contribution is -2.17. The van der Waals surface area contributed by atoms with E-state index in [0.29, 0.717) is 11.4 Å². The van der Waals surface area contributed by atoms with Crippen LogP contribution in [0.5, 0.6) is 5.75 Å². The summed E-state index contributed by atoms with van der Waals surface area (Å²) in [6, 6.07) is 5.60. The van der Waals surface area contributed by atoms with Crippen LogP contribution >= 0.6 is 0 Å². The maximum Gasteiger partial charge on any atom is 0.269 e. The van der Waals surface area contributed by atoms with Crippen molar-refractivity contribution >= 4 is 17.3 Å². The average Bonchev–Trinajstić information content (AvgIpc) is 3.06. The first-order valence-corrected chi connectivity index (χ1v) is 7.38. The minimum atomic E-state index is -0.776. The van der Waals surface area contributed by atoms with Crippen molar-refractivity contribution < 1.29 is 24.4 Å². The molecule has 1 aromatic heterocycles. The maximum atomic E-state index is 11.4. The fourth-order valence-corrected chi connectivity index (χ4v) is 2.20. The molecule has 0 aliphatic heterocycles. The second kappa shape index (κ2) is 6.97. The van der Waals surface area contributed by atoms with Crippen molar-refractivity contribution in [2.75, 3.05) is 0 Å². The van der Waals surface area contributed by atoms with Crippen LogP contribution in [-0.4, -0.2) is 36.6 Å². The molecule has 132 valence electrons. The first-order chi connectivity index (χ1) is 12.4. The second-order valence-electron chi connectivity index (χ2n) is 5.37. The summed E-state index contributed by atoms with van der Waals surface area (Å²) in [5, 5.41) is 28.1. The Balaban J connectivity index is 1.61. The van der Waals surface area contributed by atoms with Crippen LogP contribution in [0, 0.1) is 10.1 Å². The van der Waals surface area contributed by atoms with Crippen LogP contribution in [0.1, 0.15) is 5.69 Å². The summed E-state index contributed by atoms with van der Waals surface area (Å²) >= 11 is 0. The molecule has 0 unspecified atom stereocenters. The zero-order chi connectivity index (χ0) is 18.7. The van der Waals surface area contributed by atoms with Gasteiger partial charge in [0.05, 0.1) is 17.7 Å². The number of allylic oxidation sites excluding steroid dienone is 3. The van der Waals surface area contributed by atoms with Gasteiger partial charge in [-0.1, -0.05) is 5.21 Å². The highest BCUT2D eigenvalue weighted by molar-refractivity contribution is 6.46. The third-order valence-corrected chi connectivity index (χ3v) is 3.50. The van der Waals surface area contributed by atoms with E-state index in [-0.39, 0.29) is 30.2 Å². The fraction of sp³-hybridized carbons (Fsp3) is 0.125. The van der Waals surface area contributed by atoms with Gasteiger partial charge in [0, 0.05) is 23.8 Å². The number of nitrogens with zero attached hydrogens (tertiary/aromatic N) is 4. The second-order valence-corrected chi connectivity index (χ2v) is 5.37. The van der Waals surface area contributed by atoms with Crippen LogP contribution in [0.2, 0.25) is 0 Å². The third-order valence-electron chi connectivity index (χ3n) is 3.50. The van der Waals surface area contributed by atoms with Crippen LogP contribution in [0.3, 0.4) is 0 Å². The van der Waals surface area contributed by atoms with Crippen molar-refractivity contribution in [3.63, 3.8) is 0 Å². The average molecular weight is 356 g/mol. The number of nitro benzene ring substituents is 1. The molecule has 1 aromatic carbocycles. The first-order valence-electron chi connectivity index (χ1n) is 7.38. The van der Waals surface area contributed by atoms with E-state index in [0.717, 1.165) is 12.2 Å². The first kappa shape index (κ1) is 17.0. The van der Waals surface area contributed by atoms with Gasteiger partial charge in [0.1, 0.15) is 23.8 Å². The number of ketones is 2. The number of benzene rings is 1. The summed E-state index contributed by atoms with van der Waals surface area (Å²) in [4.78, 5) is 32.6. The highest BCUT2D eigenvalue weighted by atomic mass is 16.6. The monoisotopic (exact) mass is 356 g/mol. The molecule has 10 heteroatoms. The standard InChI is InChI=1S/C16H12N4O6/c21-14-6-16(23)15(22)5-10(14)7-19-8-11(17-18-19)9-26-13-3-1-12(2-4-13)20(24)25/h1-6,8,21H,7,9H2. The predicted octanol–water partition coefficient (Wildman–Crippen LogP) is 1.29. The SMILES string of the molecule is O=C1C=C(O)C(Cn2cc(COc3ccc([N+](=O)[O-])cc3)nn2)=CC1=O. The van der Waals surface area contributed by atoms with Gasteiger partial charge < -0.3 is 9.84 Å².